The summed E-state index contributed by atoms with van der Waals surface area (Å²) in [6, 6.07) is -7.18. The lowest BCUT2D eigenvalue weighted by atomic mass is 10.0. The second-order valence-corrected chi connectivity index (χ2v) is 11.1. The van der Waals surface area contributed by atoms with Crippen molar-refractivity contribution in [2.45, 2.75) is 122 Å². The van der Waals surface area contributed by atoms with Crippen molar-refractivity contribution in [1.29, 1.82) is 0 Å². The maximum Gasteiger partial charge on any atom is 0.305 e. The molecular formula is C29H48N6O10. The van der Waals surface area contributed by atoms with Crippen molar-refractivity contribution >= 4 is 41.5 Å². The van der Waals surface area contributed by atoms with Gasteiger partial charge >= 0.3 is 11.9 Å². The summed E-state index contributed by atoms with van der Waals surface area (Å²) in [6.07, 6.45) is 8.28. The number of rotatable bonds is 24. The van der Waals surface area contributed by atoms with Gasteiger partial charge in [0.15, 0.2) is 0 Å². The standard InChI is InChI=1S/C29H48N6O10/c1-5-7-8-9-10-11-13-19(26(41)33-20(15-23(36)37)27(42)31-18(12-6-2)25(30)40)32-28(43)21(16-24(38)39)34-29(44)22(35-45)14-17(3)4/h2,17-22,35,45H,5,7-16H2,1,3-4H3,(H2,30,40)(H,31,42)(H,32,43)(H,33,41)(H,34,44)(H,36,37)(H,38,39)/t18-,19-,20-,21-,22-/m0/s1. The summed E-state index contributed by atoms with van der Waals surface area (Å²) in [4.78, 5) is 86.8. The predicted octanol–water partition coefficient (Wildman–Crippen LogP) is -0.472. The van der Waals surface area contributed by atoms with Crippen molar-refractivity contribution < 1.29 is 49.0 Å². The minimum atomic E-state index is -1.69. The molecule has 0 aliphatic heterocycles. The molecule has 16 nitrogen and oxygen atoms in total. The molecule has 5 atom stereocenters. The summed E-state index contributed by atoms with van der Waals surface area (Å²) < 4.78 is 0. The number of carboxylic acids is 2. The first-order valence-electron chi connectivity index (χ1n) is 14.9. The fourth-order valence-corrected chi connectivity index (χ4v) is 4.29. The van der Waals surface area contributed by atoms with Crippen LogP contribution < -0.4 is 32.5 Å². The topological polar surface area (TPSA) is 266 Å². The molecule has 0 aromatic heterocycles. The molecule has 0 aliphatic rings. The van der Waals surface area contributed by atoms with Gasteiger partial charge in [-0.2, -0.15) is 5.48 Å². The number of amides is 5. The van der Waals surface area contributed by atoms with E-state index < -0.39 is 84.5 Å². The quantitative estimate of drug-likeness (QED) is 0.0370. The molecule has 5 amide bonds. The average molecular weight is 641 g/mol. The van der Waals surface area contributed by atoms with Gasteiger partial charge in [-0.15, -0.1) is 12.3 Å². The van der Waals surface area contributed by atoms with Crippen LogP contribution in [0.15, 0.2) is 0 Å². The summed E-state index contributed by atoms with van der Waals surface area (Å²) in [7, 11) is 0. The SMILES string of the molecule is C#CC[C@H](NC(=O)[C@H](CC(=O)O)NC(=O)[C@H](CCCCCCCC)NC(=O)[C@H](CC(=O)O)NC(=O)[C@H](CC(C)C)NO)C(N)=O. The first kappa shape index (κ1) is 40.8. The lowest BCUT2D eigenvalue weighted by molar-refractivity contribution is -0.141. The molecule has 0 heterocycles. The molecule has 0 aromatic carbocycles. The van der Waals surface area contributed by atoms with Gasteiger partial charge in [0.05, 0.1) is 12.8 Å². The minimum Gasteiger partial charge on any atom is -0.481 e. The Balaban J connectivity index is 6.04. The smallest absolute Gasteiger partial charge is 0.305 e. The highest BCUT2D eigenvalue weighted by Crippen LogP contribution is 2.11. The van der Waals surface area contributed by atoms with E-state index in [1.807, 2.05) is 12.4 Å². The lowest BCUT2D eigenvalue weighted by Crippen LogP contribution is -2.59. The molecule has 0 rings (SSSR count). The molecule has 0 unspecified atom stereocenters. The van der Waals surface area contributed by atoms with Crippen molar-refractivity contribution in [2.75, 3.05) is 0 Å². The van der Waals surface area contributed by atoms with Gasteiger partial charge in [-0.25, -0.2) is 0 Å². The zero-order valence-electron chi connectivity index (χ0n) is 26.1. The third-order valence-electron chi connectivity index (χ3n) is 6.66. The van der Waals surface area contributed by atoms with Crippen LogP contribution >= 0.6 is 0 Å². The molecule has 0 aromatic rings. The number of hydroxylamine groups is 1. The average Bonchev–Trinajstić information content (AvgIpc) is 2.95. The Bertz CT molecular complexity index is 1060. The number of aliphatic carboxylic acids is 2. The van der Waals surface area contributed by atoms with Crippen molar-refractivity contribution in [3.63, 3.8) is 0 Å². The zero-order valence-corrected chi connectivity index (χ0v) is 26.1. The maximum atomic E-state index is 13.4. The Kier molecular flexibility index (Phi) is 20.2. The van der Waals surface area contributed by atoms with E-state index in [-0.39, 0.29) is 25.2 Å². The number of carbonyl (C=O) groups is 7. The van der Waals surface area contributed by atoms with Crippen LogP contribution in [0.2, 0.25) is 0 Å². The van der Waals surface area contributed by atoms with E-state index in [9.17, 15) is 49.0 Å². The highest BCUT2D eigenvalue weighted by molar-refractivity contribution is 5.97. The predicted molar refractivity (Wildman–Crippen MR) is 161 cm³/mol. The molecule has 254 valence electrons. The number of nitrogens with two attached hydrogens (primary N) is 1. The van der Waals surface area contributed by atoms with Crippen LogP contribution in [0.5, 0.6) is 0 Å². The van der Waals surface area contributed by atoms with Crippen molar-refractivity contribution in [3.05, 3.63) is 0 Å². The summed E-state index contributed by atoms with van der Waals surface area (Å²) in [5, 5.41) is 37.3. The van der Waals surface area contributed by atoms with E-state index in [4.69, 9.17) is 12.2 Å². The van der Waals surface area contributed by atoms with Crippen LogP contribution in [0.25, 0.3) is 0 Å². The molecule has 10 N–H and O–H groups in total. The maximum absolute atomic E-state index is 13.4. The van der Waals surface area contributed by atoms with Crippen LogP contribution in [-0.2, 0) is 33.6 Å². The summed E-state index contributed by atoms with van der Waals surface area (Å²) in [6.45, 7) is 5.61. The van der Waals surface area contributed by atoms with Gasteiger partial charge in [0.25, 0.3) is 0 Å². The number of hydrogen-bond acceptors (Lipinski definition) is 9. The third kappa shape index (κ3) is 17.6. The van der Waals surface area contributed by atoms with Gasteiger partial charge in [-0.05, 0) is 18.8 Å². The lowest BCUT2D eigenvalue weighted by Gasteiger charge is -2.26. The molecule has 16 heteroatoms. The van der Waals surface area contributed by atoms with E-state index in [2.05, 4.69) is 27.2 Å². The van der Waals surface area contributed by atoms with Gasteiger partial charge in [-0.1, -0.05) is 59.3 Å². The third-order valence-corrected chi connectivity index (χ3v) is 6.66. The summed E-state index contributed by atoms with van der Waals surface area (Å²) in [5.74, 6) is -5.65. The fraction of sp³-hybridized carbons (Fsp3) is 0.690. The van der Waals surface area contributed by atoms with Gasteiger partial charge in [0, 0.05) is 6.42 Å². The van der Waals surface area contributed by atoms with Gasteiger partial charge in [0.1, 0.15) is 30.2 Å². The van der Waals surface area contributed by atoms with Gasteiger partial charge in [-0.3, -0.25) is 33.6 Å². The van der Waals surface area contributed by atoms with E-state index in [1.54, 1.807) is 13.8 Å². The molecule has 45 heavy (non-hydrogen) atoms. The van der Waals surface area contributed by atoms with Crippen molar-refractivity contribution in [2.24, 2.45) is 11.7 Å². The highest BCUT2D eigenvalue weighted by atomic mass is 16.5. The Morgan fingerprint density at radius 1 is 0.689 bits per heavy atom. The normalized spacial score (nSPS) is 14.1. The van der Waals surface area contributed by atoms with Gasteiger partial charge in [0.2, 0.25) is 29.5 Å². The van der Waals surface area contributed by atoms with Crippen LogP contribution in [0.1, 0.15) is 91.4 Å². The molecule has 0 bridgehead atoms. The number of hydrogen-bond donors (Lipinski definition) is 9. The molecule has 0 saturated carbocycles. The number of carbonyl (C=O) groups excluding carboxylic acids is 5. The first-order valence-corrected chi connectivity index (χ1v) is 14.9. The number of nitrogens with one attached hydrogen (secondary N) is 5. The zero-order chi connectivity index (χ0) is 34.5. The van der Waals surface area contributed by atoms with E-state index in [0.717, 1.165) is 25.7 Å². The molecule has 0 radical (unpaired) electrons. The Hall–Kier alpha value is -4.23. The van der Waals surface area contributed by atoms with E-state index >= 15 is 0 Å². The molecule has 0 spiro atoms. The second kappa shape index (κ2) is 22.3. The Morgan fingerprint density at radius 2 is 1.11 bits per heavy atom. The molecule has 0 fully saturated rings. The van der Waals surface area contributed by atoms with Gasteiger partial charge < -0.3 is 42.4 Å². The highest BCUT2D eigenvalue weighted by Gasteiger charge is 2.33. The number of terminal acetylenes is 1. The number of unbranched alkanes of at least 4 members (excludes halogenated alkanes) is 5. The number of carboxylic acid groups (broad SMARTS) is 2. The minimum absolute atomic E-state index is 0.0357. The largest absolute Gasteiger partial charge is 0.481 e. The molecule has 0 saturated heterocycles. The van der Waals surface area contributed by atoms with E-state index in [0.29, 0.717) is 12.8 Å². The van der Waals surface area contributed by atoms with Crippen LogP contribution in [0.4, 0.5) is 0 Å². The summed E-state index contributed by atoms with van der Waals surface area (Å²) >= 11 is 0. The molecule has 0 aliphatic carbocycles. The Morgan fingerprint density at radius 3 is 1.53 bits per heavy atom. The van der Waals surface area contributed by atoms with E-state index in [1.165, 1.54) is 0 Å². The van der Waals surface area contributed by atoms with Crippen molar-refractivity contribution in [1.82, 2.24) is 26.7 Å². The first-order chi connectivity index (χ1) is 21.2. The fourth-order valence-electron chi connectivity index (χ4n) is 4.29. The molecular weight excluding hydrogens is 592 g/mol. The second-order valence-electron chi connectivity index (χ2n) is 11.1. The number of primary amides is 1. The van der Waals surface area contributed by atoms with Crippen LogP contribution in [0, 0.1) is 18.3 Å². The van der Waals surface area contributed by atoms with Crippen molar-refractivity contribution in [3.8, 4) is 12.3 Å². The summed E-state index contributed by atoms with van der Waals surface area (Å²) in [5.41, 5.74) is 7.07. The van der Waals surface area contributed by atoms with Crippen LogP contribution in [-0.4, -0.2) is 87.1 Å². The Labute approximate surface area is 263 Å². The van der Waals surface area contributed by atoms with Crippen LogP contribution in [0.3, 0.4) is 0 Å². The monoisotopic (exact) mass is 640 g/mol.